The number of benzene rings is 2. The largest absolute Gasteiger partial charge is 0.457 e. The van der Waals surface area contributed by atoms with E-state index in [9.17, 15) is 4.79 Å². The Hall–Kier alpha value is -2.04. The van der Waals surface area contributed by atoms with Gasteiger partial charge in [0.25, 0.3) is 0 Å². The minimum Gasteiger partial charge on any atom is -0.457 e. The molecule has 1 heterocycles. The zero-order valence-electron chi connectivity index (χ0n) is 13.0. The summed E-state index contributed by atoms with van der Waals surface area (Å²) in [4.78, 5) is 12.0. The number of carbonyl (C=O) groups excluding carboxylic acids is 1. The number of rotatable bonds is 4. The van der Waals surface area contributed by atoms with Crippen molar-refractivity contribution in [3.05, 3.63) is 54.1 Å². The average molecular weight is 333 g/mol. The second kappa shape index (κ2) is 7.99. The summed E-state index contributed by atoms with van der Waals surface area (Å²) in [6, 6.07) is 15.3. The normalized spacial score (nSPS) is 16.5. The molecule has 1 saturated heterocycles. The fraction of sp³-hybridized carbons (Fsp3) is 0.278. The summed E-state index contributed by atoms with van der Waals surface area (Å²) in [6.07, 6.45) is 1.96. The summed E-state index contributed by atoms with van der Waals surface area (Å²) in [5.74, 6) is 1.60. The fourth-order valence-electron chi connectivity index (χ4n) is 2.56. The minimum absolute atomic E-state index is 0. The van der Waals surface area contributed by atoms with Crippen LogP contribution in [0, 0.1) is 6.92 Å². The molecule has 1 unspecified atom stereocenters. The Labute approximate surface area is 142 Å². The highest BCUT2D eigenvalue weighted by Crippen LogP contribution is 2.23. The lowest BCUT2D eigenvalue weighted by Crippen LogP contribution is -2.35. The third kappa shape index (κ3) is 4.71. The van der Waals surface area contributed by atoms with Gasteiger partial charge in [-0.25, -0.2) is 0 Å². The molecule has 1 fully saturated rings. The van der Waals surface area contributed by atoms with Gasteiger partial charge >= 0.3 is 0 Å². The van der Waals surface area contributed by atoms with E-state index >= 15 is 0 Å². The van der Waals surface area contributed by atoms with Crippen LogP contribution in [-0.2, 0) is 4.79 Å². The number of carbonyl (C=O) groups is 1. The molecule has 0 aliphatic carbocycles. The van der Waals surface area contributed by atoms with Gasteiger partial charge in [0, 0.05) is 5.69 Å². The number of hydrogen-bond acceptors (Lipinski definition) is 3. The molecule has 1 atom stereocenters. The standard InChI is InChI=1S/C18H20N2O2.ClH/c1-13-4-2-5-16(12-13)22-15-9-7-14(8-10-15)20-18(21)17-6-3-11-19-17;/h2,4-5,7-10,12,17,19H,3,6,11H2,1H3,(H,20,21);1H. The predicted octanol–water partition coefficient (Wildman–Crippen LogP) is 3.90. The fourth-order valence-corrected chi connectivity index (χ4v) is 2.56. The summed E-state index contributed by atoms with van der Waals surface area (Å²) in [5.41, 5.74) is 1.95. The molecule has 2 aromatic carbocycles. The Morgan fingerprint density at radius 1 is 1.17 bits per heavy atom. The molecular formula is C18H21ClN2O2. The zero-order chi connectivity index (χ0) is 15.4. The monoisotopic (exact) mass is 332 g/mol. The van der Waals surface area contributed by atoms with Gasteiger partial charge in [0.1, 0.15) is 11.5 Å². The van der Waals surface area contributed by atoms with Crippen LogP contribution >= 0.6 is 12.4 Å². The molecule has 5 heteroatoms. The van der Waals surface area contributed by atoms with Crippen molar-refractivity contribution in [3.8, 4) is 11.5 Å². The summed E-state index contributed by atoms with van der Waals surface area (Å²) in [6.45, 7) is 2.95. The van der Waals surface area contributed by atoms with Gasteiger partial charge in [0.05, 0.1) is 6.04 Å². The molecule has 0 radical (unpaired) electrons. The first-order valence-corrected chi connectivity index (χ1v) is 7.59. The van der Waals surface area contributed by atoms with Gasteiger partial charge in [-0.3, -0.25) is 4.79 Å². The first-order valence-electron chi connectivity index (χ1n) is 7.59. The molecule has 4 nitrogen and oxygen atoms in total. The summed E-state index contributed by atoms with van der Waals surface area (Å²) >= 11 is 0. The van der Waals surface area contributed by atoms with Crippen LogP contribution in [0.1, 0.15) is 18.4 Å². The van der Waals surface area contributed by atoms with Crippen molar-refractivity contribution in [2.75, 3.05) is 11.9 Å². The van der Waals surface area contributed by atoms with Crippen molar-refractivity contribution in [1.29, 1.82) is 0 Å². The van der Waals surface area contributed by atoms with Crippen LogP contribution in [0.5, 0.6) is 11.5 Å². The van der Waals surface area contributed by atoms with Crippen LogP contribution in [0.25, 0.3) is 0 Å². The summed E-state index contributed by atoms with van der Waals surface area (Å²) in [7, 11) is 0. The van der Waals surface area contributed by atoms with Gasteiger partial charge in [-0.15, -0.1) is 12.4 Å². The molecule has 23 heavy (non-hydrogen) atoms. The second-order valence-corrected chi connectivity index (χ2v) is 5.58. The zero-order valence-corrected chi connectivity index (χ0v) is 13.9. The molecule has 1 aliphatic rings. The lowest BCUT2D eigenvalue weighted by atomic mass is 10.2. The van der Waals surface area contributed by atoms with Crippen molar-refractivity contribution in [2.45, 2.75) is 25.8 Å². The molecule has 1 aliphatic heterocycles. The van der Waals surface area contributed by atoms with Crippen molar-refractivity contribution >= 4 is 24.0 Å². The van der Waals surface area contributed by atoms with E-state index < -0.39 is 0 Å². The first-order chi connectivity index (χ1) is 10.7. The maximum atomic E-state index is 12.0. The van der Waals surface area contributed by atoms with E-state index in [4.69, 9.17) is 4.74 Å². The predicted molar refractivity (Wildman–Crippen MR) is 94.6 cm³/mol. The third-order valence-electron chi connectivity index (χ3n) is 3.72. The quantitative estimate of drug-likeness (QED) is 0.892. The summed E-state index contributed by atoms with van der Waals surface area (Å²) < 4.78 is 5.79. The van der Waals surface area contributed by atoms with Gasteiger partial charge in [-0.2, -0.15) is 0 Å². The molecule has 0 spiro atoms. The van der Waals surface area contributed by atoms with Crippen LogP contribution < -0.4 is 15.4 Å². The smallest absolute Gasteiger partial charge is 0.241 e. The first kappa shape index (κ1) is 17.3. The van der Waals surface area contributed by atoms with Crippen molar-refractivity contribution in [2.24, 2.45) is 0 Å². The highest BCUT2D eigenvalue weighted by molar-refractivity contribution is 5.95. The van der Waals surface area contributed by atoms with Crippen LogP contribution in [0.4, 0.5) is 5.69 Å². The molecule has 0 aromatic heterocycles. The van der Waals surface area contributed by atoms with Crippen LogP contribution in [0.15, 0.2) is 48.5 Å². The Morgan fingerprint density at radius 3 is 2.61 bits per heavy atom. The van der Waals surface area contributed by atoms with Gasteiger partial charge in [-0.1, -0.05) is 12.1 Å². The van der Waals surface area contributed by atoms with Crippen molar-refractivity contribution < 1.29 is 9.53 Å². The maximum Gasteiger partial charge on any atom is 0.241 e. The molecule has 2 N–H and O–H groups in total. The molecule has 3 rings (SSSR count). The highest BCUT2D eigenvalue weighted by Gasteiger charge is 2.21. The molecule has 1 amide bonds. The molecule has 122 valence electrons. The molecule has 0 saturated carbocycles. The minimum atomic E-state index is -0.0665. The van der Waals surface area contributed by atoms with E-state index in [2.05, 4.69) is 10.6 Å². The topological polar surface area (TPSA) is 50.4 Å². The Kier molecular flexibility index (Phi) is 6.02. The number of hydrogen-bond donors (Lipinski definition) is 2. The number of nitrogens with one attached hydrogen (secondary N) is 2. The summed E-state index contributed by atoms with van der Waals surface area (Å²) in [5, 5.41) is 6.12. The van der Waals surface area contributed by atoms with Crippen molar-refractivity contribution in [1.82, 2.24) is 5.32 Å². The van der Waals surface area contributed by atoms with E-state index in [1.165, 1.54) is 0 Å². The van der Waals surface area contributed by atoms with Crippen LogP contribution in [0.2, 0.25) is 0 Å². The molecular weight excluding hydrogens is 312 g/mol. The Balaban J connectivity index is 0.00000192. The van der Waals surface area contributed by atoms with Gasteiger partial charge in [-0.05, 0) is 68.3 Å². The number of amides is 1. The Bertz CT molecular complexity index is 652. The highest BCUT2D eigenvalue weighted by atomic mass is 35.5. The van der Waals surface area contributed by atoms with Gasteiger partial charge in [0.15, 0.2) is 0 Å². The van der Waals surface area contributed by atoms with Crippen molar-refractivity contribution in [3.63, 3.8) is 0 Å². The number of halogens is 1. The number of aryl methyl sites for hydroxylation is 1. The lowest BCUT2D eigenvalue weighted by Gasteiger charge is -2.12. The SMILES string of the molecule is Cc1cccc(Oc2ccc(NC(=O)C3CCCN3)cc2)c1.Cl. The van der Waals surface area contributed by atoms with E-state index in [0.29, 0.717) is 0 Å². The molecule has 2 aromatic rings. The van der Waals surface area contributed by atoms with E-state index in [-0.39, 0.29) is 24.4 Å². The third-order valence-corrected chi connectivity index (χ3v) is 3.72. The lowest BCUT2D eigenvalue weighted by molar-refractivity contribution is -0.117. The van der Waals surface area contributed by atoms with E-state index in [1.807, 2.05) is 55.5 Å². The number of ether oxygens (including phenoxy) is 1. The van der Waals surface area contributed by atoms with Gasteiger partial charge in [0.2, 0.25) is 5.91 Å². The Morgan fingerprint density at radius 2 is 1.96 bits per heavy atom. The number of anilines is 1. The van der Waals surface area contributed by atoms with E-state index in [0.717, 1.165) is 42.1 Å². The molecule has 0 bridgehead atoms. The average Bonchev–Trinajstić information content (AvgIpc) is 3.04. The van der Waals surface area contributed by atoms with Gasteiger partial charge < -0.3 is 15.4 Å². The maximum absolute atomic E-state index is 12.0. The van der Waals surface area contributed by atoms with Crippen LogP contribution in [-0.4, -0.2) is 18.5 Å². The van der Waals surface area contributed by atoms with Crippen LogP contribution in [0.3, 0.4) is 0 Å². The second-order valence-electron chi connectivity index (χ2n) is 5.58. The van der Waals surface area contributed by atoms with E-state index in [1.54, 1.807) is 0 Å².